The van der Waals surface area contributed by atoms with E-state index >= 15 is 0 Å². The molecule has 3 aromatic rings. The molecule has 0 unspecified atom stereocenters. The highest BCUT2D eigenvalue weighted by molar-refractivity contribution is 8.03. The first-order chi connectivity index (χ1) is 13.5. The highest BCUT2D eigenvalue weighted by Gasteiger charge is 2.11. The number of benzene rings is 3. The molecule has 0 heterocycles. The summed E-state index contributed by atoms with van der Waals surface area (Å²) in [6.45, 7) is 1.49. The summed E-state index contributed by atoms with van der Waals surface area (Å²) in [5, 5.41) is 15.6. The molecule has 0 spiro atoms. The minimum absolute atomic E-state index is 0.108. The number of ether oxygens (including phenoxy) is 1. The Morgan fingerprint density at radius 1 is 1.07 bits per heavy atom. The van der Waals surface area contributed by atoms with Crippen molar-refractivity contribution < 1.29 is 14.3 Å². The standard InChI is InChI=1S/C22H18N2O3S/c1-15-10-19(28-14-23)8-9-20(15)24-21(25)13-27-22(26)12-16-6-7-17-4-2-3-5-18(17)11-16/h2-11H,12-13H2,1H3,(H,24,25). The van der Waals surface area contributed by atoms with Gasteiger partial charge in [0.15, 0.2) is 6.61 Å². The Bertz CT molecular complexity index is 1070. The normalized spacial score (nSPS) is 10.3. The second kappa shape index (κ2) is 9.07. The third kappa shape index (κ3) is 5.12. The molecule has 0 atom stereocenters. The van der Waals surface area contributed by atoms with E-state index in [4.69, 9.17) is 10.00 Å². The Hall–Kier alpha value is -3.30. The number of carbonyl (C=O) groups excluding carboxylic acids is 2. The van der Waals surface area contributed by atoms with Gasteiger partial charge in [-0.2, -0.15) is 5.26 Å². The molecule has 0 aliphatic rings. The average Bonchev–Trinajstić information content (AvgIpc) is 2.69. The van der Waals surface area contributed by atoms with E-state index < -0.39 is 11.9 Å². The Morgan fingerprint density at radius 2 is 1.86 bits per heavy atom. The summed E-state index contributed by atoms with van der Waals surface area (Å²) >= 11 is 1.06. The molecule has 0 saturated heterocycles. The number of hydrogen-bond donors (Lipinski definition) is 1. The topological polar surface area (TPSA) is 79.2 Å². The number of aryl methyl sites for hydroxylation is 1. The number of nitriles is 1. The van der Waals surface area contributed by atoms with Crippen molar-refractivity contribution in [3.05, 3.63) is 71.8 Å². The molecule has 1 N–H and O–H groups in total. The first-order valence-corrected chi connectivity index (χ1v) is 9.46. The summed E-state index contributed by atoms with van der Waals surface area (Å²) in [4.78, 5) is 24.9. The van der Waals surface area contributed by atoms with Crippen LogP contribution in [0.4, 0.5) is 5.69 Å². The van der Waals surface area contributed by atoms with Crippen molar-refractivity contribution in [2.45, 2.75) is 18.2 Å². The van der Waals surface area contributed by atoms with Crippen LogP contribution in [0.2, 0.25) is 0 Å². The van der Waals surface area contributed by atoms with Gasteiger partial charge in [-0.15, -0.1) is 0 Å². The summed E-state index contributed by atoms with van der Waals surface area (Å²) in [5.74, 6) is -0.862. The van der Waals surface area contributed by atoms with Crippen LogP contribution in [0.1, 0.15) is 11.1 Å². The second-order valence-electron chi connectivity index (χ2n) is 6.24. The predicted octanol–water partition coefficient (Wildman–Crippen LogP) is 4.45. The van der Waals surface area contributed by atoms with Gasteiger partial charge in [0.05, 0.1) is 6.42 Å². The second-order valence-corrected chi connectivity index (χ2v) is 7.10. The molecular weight excluding hydrogens is 372 g/mol. The van der Waals surface area contributed by atoms with Gasteiger partial charge in [0.2, 0.25) is 0 Å². The lowest BCUT2D eigenvalue weighted by Gasteiger charge is -2.10. The maximum Gasteiger partial charge on any atom is 0.310 e. The van der Waals surface area contributed by atoms with E-state index in [1.165, 1.54) is 0 Å². The summed E-state index contributed by atoms with van der Waals surface area (Å²) in [5.41, 5.74) is 2.29. The summed E-state index contributed by atoms with van der Waals surface area (Å²) in [7, 11) is 0. The molecule has 0 aliphatic heterocycles. The van der Waals surface area contributed by atoms with Crippen LogP contribution in [0.15, 0.2) is 65.6 Å². The molecule has 140 valence electrons. The van der Waals surface area contributed by atoms with E-state index in [0.29, 0.717) is 5.69 Å². The molecule has 5 nitrogen and oxygen atoms in total. The van der Waals surface area contributed by atoms with Crippen LogP contribution in [0, 0.1) is 17.6 Å². The van der Waals surface area contributed by atoms with Crippen molar-refractivity contribution in [1.29, 1.82) is 5.26 Å². The van der Waals surface area contributed by atoms with Crippen molar-refractivity contribution in [3.63, 3.8) is 0 Å². The van der Waals surface area contributed by atoms with Crippen LogP contribution >= 0.6 is 11.8 Å². The third-order valence-electron chi connectivity index (χ3n) is 4.16. The summed E-state index contributed by atoms with van der Waals surface area (Å²) in [6, 6.07) is 19.0. The van der Waals surface area contributed by atoms with Crippen LogP contribution in [-0.2, 0) is 20.7 Å². The van der Waals surface area contributed by atoms with E-state index in [1.807, 2.05) is 60.9 Å². The minimum atomic E-state index is -0.456. The average molecular weight is 390 g/mol. The molecule has 3 aromatic carbocycles. The van der Waals surface area contributed by atoms with Crippen molar-refractivity contribution in [2.24, 2.45) is 0 Å². The van der Waals surface area contributed by atoms with Gasteiger partial charge in [0.25, 0.3) is 5.91 Å². The third-order valence-corrected chi connectivity index (χ3v) is 4.74. The number of anilines is 1. The predicted molar refractivity (Wildman–Crippen MR) is 110 cm³/mol. The Labute approximate surface area is 167 Å². The van der Waals surface area contributed by atoms with E-state index in [-0.39, 0.29) is 13.0 Å². The fourth-order valence-electron chi connectivity index (χ4n) is 2.79. The van der Waals surface area contributed by atoms with Gasteiger partial charge in [-0.25, -0.2) is 0 Å². The molecule has 0 aliphatic carbocycles. The van der Waals surface area contributed by atoms with Gasteiger partial charge in [-0.3, -0.25) is 9.59 Å². The fourth-order valence-corrected chi connectivity index (χ4v) is 3.27. The van der Waals surface area contributed by atoms with Crippen LogP contribution in [0.25, 0.3) is 10.8 Å². The van der Waals surface area contributed by atoms with E-state index in [2.05, 4.69) is 5.32 Å². The Morgan fingerprint density at radius 3 is 2.61 bits per heavy atom. The fraction of sp³-hybridized carbons (Fsp3) is 0.136. The van der Waals surface area contributed by atoms with Gasteiger partial charge in [-0.1, -0.05) is 42.5 Å². The number of esters is 1. The van der Waals surface area contributed by atoms with Gasteiger partial charge in [0.1, 0.15) is 5.40 Å². The van der Waals surface area contributed by atoms with Crippen LogP contribution in [0.5, 0.6) is 0 Å². The lowest BCUT2D eigenvalue weighted by molar-refractivity contribution is -0.146. The molecule has 0 radical (unpaired) electrons. The van der Waals surface area contributed by atoms with Crippen molar-refractivity contribution in [2.75, 3.05) is 11.9 Å². The number of carbonyl (C=O) groups is 2. The molecule has 0 bridgehead atoms. The first kappa shape index (κ1) is 19.5. The van der Waals surface area contributed by atoms with Crippen molar-refractivity contribution >= 4 is 40.1 Å². The van der Waals surface area contributed by atoms with Gasteiger partial charge in [0, 0.05) is 10.6 Å². The van der Waals surface area contributed by atoms with Gasteiger partial charge >= 0.3 is 5.97 Å². The molecule has 28 heavy (non-hydrogen) atoms. The zero-order valence-corrected chi connectivity index (χ0v) is 16.1. The monoisotopic (exact) mass is 390 g/mol. The Kier molecular flexibility index (Phi) is 6.30. The zero-order valence-electron chi connectivity index (χ0n) is 15.3. The molecule has 3 rings (SSSR count). The molecule has 0 saturated carbocycles. The minimum Gasteiger partial charge on any atom is -0.455 e. The van der Waals surface area contributed by atoms with Gasteiger partial charge < -0.3 is 10.1 Å². The highest BCUT2D eigenvalue weighted by atomic mass is 32.2. The van der Waals surface area contributed by atoms with Crippen LogP contribution < -0.4 is 5.32 Å². The molecular formula is C22H18N2O3S. The maximum atomic E-state index is 12.1. The number of nitrogens with zero attached hydrogens (tertiary/aromatic N) is 1. The highest BCUT2D eigenvalue weighted by Crippen LogP contribution is 2.23. The summed E-state index contributed by atoms with van der Waals surface area (Å²) < 4.78 is 5.10. The number of thioether (sulfide) groups is 1. The summed E-state index contributed by atoms with van der Waals surface area (Å²) in [6.07, 6.45) is 0.108. The van der Waals surface area contributed by atoms with Crippen molar-refractivity contribution in [1.82, 2.24) is 0 Å². The first-order valence-electron chi connectivity index (χ1n) is 8.65. The van der Waals surface area contributed by atoms with E-state index in [9.17, 15) is 9.59 Å². The number of fused-ring (bicyclic) bond motifs is 1. The largest absolute Gasteiger partial charge is 0.455 e. The van der Waals surface area contributed by atoms with Crippen LogP contribution in [0.3, 0.4) is 0 Å². The van der Waals surface area contributed by atoms with Gasteiger partial charge in [-0.05, 0) is 58.8 Å². The quantitative estimate of drug-likeness (QED) is 0.382. The van der Waals surface area contributed by atoms with E-state index in [0.717, 1.165) is 38.6 Å². The van der Waals surface area contributed by atoms with Crippen LogP contribution in [-0.4, -0.2) is 18.5 Å². The maximum absolute atomic E-state index is 12.1. The smallest absolute Gasteiger partial charge is 0.310 e. The number of amides is 1. The molecule has 0 fully saturated rings. The molecule has 6 heteroatoms. The van der Waals surface area contributed by atoms with E-state index in [1.54, 1.807) is 12.1 Å². The number of nitrogens with one attached hydrogen (secondary N) is 1. The SMILES string of the molecule is Cc1cc(SC#N)ccc1NC(=O)COC(=O)Cc1ccc2ccccc2c1. The van der Waals surface area contributed by atoms with Crippen molar-refractivity contribution in [3.8, 4) is 5.40 Å². The number of thiocyanates is 1. The molecule has 1 amide bonds. The number of rotatable bonds is 6. The number of hydrogen-bond acceptors (Lipinski definition) is 5. The Balaban J connectivity index is 1.52. The lowest BCUT2D eigenvalue weighted by atomic mass is 10.1. The zero-order chi connectivity index (χ0) is 19.9. The lowest BCUT2D eigenvalue weighted by Crippen LogP contribution is -2.22. The molecule has 0 aromatic heterocycles.